The third kappa shape index (κ3) is 2.06. The van der Waals surface area contributed by atoms with E-state index in [9.17, 15) is 9.59 Å². The quantitative estimate of drug-likeness (QED) is 0.637. The molecule has 0 radical (unpaired) electrons. The molecule has 1 aliphatic heterocycles. The number of thiophene rings is 1. The Bertz CT molecular complexity index is 414. The average Bonchev–Trinajstić information content (AvgIpc) is 2.60. The minimum absolute atomic E-state index is 0.0268. The first kappa shape index (κ1) is 10.6. The molecular weight excluding hydrogens is 234 g/mol. The number of rotatable bonds is 2. The van der Waals surface area contributed by atoms with E-state index in [0.29, 0.717) is 16.3 Å². The largest absolute Gasteiger partial charge is 0.351 e. The number of fused-ring (bicyclic) bond motifs is 1. The first-order valence-electron chi connectivity index (χ1n) is 4.72. The lowest BCUT2D eigenvalue weighted by molar-refractivity contribution is 0.0959. The molecule has 1 aliphatic rings. The highest BCUT2D eigenvalue weighted by molar-refractivity contribution is 7.16. The molecule has 0 saturated carbocycles. The average molecular weight is 244 g/mol. The smallest absolute Gasteiger partial charge is 0.261 e. The SMILES string of the molecule is O=C(CCl)c1cc2c(s1)C(=O)NCCC2. The highest BCUT2D eigenvalue weighted by atomic mass is 35.5. The van der Waals surface area contributed by atoms with Gasteiger partial charge in [0.25, 0.3) is 5.91 Å². The van der Waals surface area contributed by atoms with Crippen molar-refractivity contribution in [1.29, 1.82) is 0 Å². The monoisotopic (exact) mass is 243 g/mol. The van der Waals surface area contributed by atoms with E-state index >= 15 is 0 Å². The number of nitrogens with one attached hydrogen (secondary N) is 1. The maximum Gasteiger partial charge on any atom is 0.261 e. The Hall–Kier alpha value is -0.870. The molecule has 0 aromatic carbocycles. The van der Waals surface area contributed by atoms with Crippen molar-refractivity contribution in [2.24, 2.45) is 0 Å². The predicted octanol–water partition coefficient (Wildman–Crippen LogP) is 1.85. The molecule has 0 unspecified atom stereocenters. The van der Waals surface area contributed by atoms with Crippen molar-refractivity contribution in [3.05, 3.63) is 21.4 Å². The van der Waals surface area contributed by atoms with Crippen LogP contribution in [0.15, 0.2) is 6.07 Å². The maximum absolute atomic E-state index is 11.6. The number of alkyl halides is 1. The van der Waals surface area contributed by atoms with Crippen LogP contribution in [0.1, 0.15) is 31.3 Å². The van der Waals surface area contributed by atoms with Crippen LogP contribution in [0.4, 0.5) is 0 Å². The lowest BCUT2D eigenvalue weighted by atomic mass is 10.1. The molecule has 0 spiro atoms. The van der Waals surface area contributed by atoms with Crippen LogP contribution in [0, 0.1) is 0 Å². The molecule has 0 fully saturated rings. The Morgan fingerprint density at radius 3 is 3.13 bits per heavy atom. The number of carbonyl (C=O) groups is 2. The number of Topliss-reactive ketones (excluding diaryl/α,β-unsaturated/α-hetero) is 1. The Morgan fingerprint density at radius 2 is 2.40 bits per heavy atom. The zero-order valence-electron chi connectivity index (χ0n) is 8.01. The Labute approximate surface area is 96.4 Å². The molecule has 3 nitrogen and oxygen atoms in total. The third-order valence-electron chi connectivity index (χ3n) is 2.32. The van der Waals surface area contributed by atoms with Crippen molar-refractivity contribution in [3.8, 4) is 0 Å². The normalized spacial score (nSPS) is 15.4. The Kier molecular flexibility index (Phi) is 3.07. The van der Waals surface area contributed by atoms with Crippen molar-refractivity contribution < 1.29 is 9.59 Å². The van der Waals surface area contributed by atoms with Crippen LogP contribution >= 0.6 is 22.9 Å². The second-order valence-corrected chi connectivity index (χ2v) is 4.70. The maximum atomic E-state index is 11.6. The fourth-order valence-electron chi connectivity index (χ4n) is 1.57. The summed E-state index contributed by atoms with van der Waals surface area (Å²) in [6.07, 6.45) is 1.77. The fourth-order valence-corrected chi connectivity index (χ4v) is 2.86. The van der Waals surface area contributed by atoms with Gasteiger partial charge in [0, 0.05) is 6.54 Å². The van der Waals surface area contributed by atoms with Gasteiger partial charge in [-0.25, -0.2) is 0 Å². The van der Waals surface area contributed by atoms with Gasteiger partial charge in [0.1, 0.15) is 0 Å². The fraction of sp³-hybridized carbons (Fsp3) is 0.400. The molecule has 0 saturated heterocycles. The number of amides is 1. The van der Waals surface area contributed by atoms with Crippen molar-refractivity contribution in [2.75, 3.05) is 12.4 Å². The van der Waals surface area contributed by atoms with Gasteiger partial charge < -0.3 is 5.32 Å². The first-order chi connectivity index (χ1) is 7.22. The first-order valence-corrected chi connectivity index (χ1v) is 6.07. The zero-order valence-corrected chi connectivity index (χ0v) is 9.58. The molecule has 15 heavy (non-hydrogen) atoms. The van der Waals surface area contributed by atoms with E-state index in [4.69, 9.17) is 11.6 Å². The highest BCUT2D eigenvalue weighted by Gasteiger charge is 2.20. The molecule has 2 heterocycles. The molecule has 80 valence electrons. The summed E-state index contributed by atoms with van der Waals surface area (Å²) in [7, 11) is 0. The van der Waals surface area contributed by atoms with Gasteiger partial charge in [-0.15, -0.1) is 22.9 Å². The number of hydrogen-bond donors (Lipinski definition) is 1. The minimum atomic E-state index is -0.109. The van der Waals surface area contributed by atoms with Gasteiger partial charge in [-0.05, 0) is 24.5 Å². The lowest BCUT2D eigenvalue weighted by Gasteiger charge is -1.96. The van der Waals surface area contributed by atoms with Crippen molar-refractivity contribution >= 4 is 34.6 Å². The van der Waals surface area contributed by atoms with E-state index in [2.05, 4.69) is 5.32 Å². The number of halogens is 1. The van der Waals surface area contributed by atoms with E-state index in [1.807, 2.05) is 0 Å². The van der Waals surface area contributed by atoms with Crippen molar-refractivity contribution in [2.45, 2.75) is 12.8 Å². The van der Waals surface area contributed by atoms with Crippen LogP contribution in [0.25, 0.3) is 0 Å². The third-order valence-corrected chi connectivity index (χ3v) is 3.78. The summed E-state index contributed by atoms with van der Waals surface area (Å²) in [5.41, 5.74) is 0.975. The van der Waals surface area contributed by atoms with E-state index in [1.165, 1.54) is 11.3 Å². The van der Waals surface area contributed by atoms with Gasteiger partial charge in [-0.2, -0.15) is 0 Å². The van der Waals surface area contributed by atoms with Crippen molar-refractivity contribution in [3.63, 3.8) is 0 Å². The number of carbonyl (C=O) groups excluding carboxylic acids is 2. The molecule has 1 amide bonds. The second-order valence-electron chi connectivity index (χ2n) is 3.38. The van der Waals surface area contributed by atoms with Gasteiger partial charge >= 0.3 is 0 Å². The molecule has 1 aromatic heterocycles. The van der Waals surface area contributed by atoms with E-state index in [0.717, 1.165) is 18.4 Å². The van der Waals surface area contributed by atoms with Crippen LogP contribution in [0.3, 0.4) is 0 Å². The minimum Gasteiger partial charge on any atom is -0.351 e. The Balaban J connectivity index is 2.37. The number of ketones is 1. The van der Waals surface area contributed by atoms with Crippen LogP contribution in [0.2, 0.25) is 0 Å². The molecule has 1 N–H and O–H groups in total. The van der Waals surface area contributed by atoms with Gasteiger partial charge in [0.2, 0.25) is 0 Å². The van der Waals surface area contributed by atoms with Crippen LogP contribution in [-0.2, 0) is 6.42 Å². The Morgan fingerprint density at radius 1 is 1.60 bits per heavy atom. The summed E-state index contributed by atoms with van der Waals surface area (Å²) >= 11 is 6.72. The second kappa shape index (κ2) is 4.33. The molecule has 0 aliphatic carbocycles. The standard InChI is InChI=1S/C10H10ClNO2S/c11-5-7(13)8-4-6-2-1-3-12-10(14)9(6)15-8/h4H,1-3,5H2,(H,12,14). The topological polar surface area (TPSA) is 46.2 Å². The molecule has 5 heteroatoms. The summed E-state index contributed by atoms with van der Waals surface area (Å²) in [5, 5.41) is 2.80. The van der Waals surface area contributed by atoms with Crippen LogP contribution < -0.4 is 5.32 Å². The van der Waals surface area contributed by atoms with E-state index < -0.39 is 0 Å². The molecule has 0 bridgehead atoms. The highest BCUT2D eigenvalue weighted by Crippen LogP contribution is 2.25. The van der Waals surface area contributed by atoms with Gasteiger partial charge in [-0.3, -0.25) is 9.59 Å². The van der Waals surface area contributed by atoms with E-state index in [1.54, 1.807) is 6.07 Å². The predicted molar refractivity (Wildman–Crippen MR) is 60.0 cm³/mol. The number of aryl methyl sites for hydroxylation is 1. The van der Waals surface area contributed by atoms with Crippen molar-refractivity contribution in [1.82, 2.24) is 5.32 Å². The summed E-state index contributed by atoms with van der Waals surface area (Å²) in [6.45, 7) is 0.707. The zero-order chi connectivity index (χ0) is 10.8. The lowest BCUT2D eigenvalue weighted by Crippen LogP contribution is -2.21. The number of hydrogen-bond acceptors (Lipinski definition) is 3. The summed E-state index contributed by atoms with van der Waals surface area (Å²) in [5.74, 6) is -0.204. The summed E-state index contributed by atoms with van der Waals surface area (Å²) < 4.78 is 0. The van der Waals surface area contributed by atoms with Crippen LogP contribution in [-0.4, -0.2) is 24.1 Å². The van der Waals surface area contributed by atoms with E-state index in [-0.39, 0.29) is 17.6 Å². The molecule has 0 atom stereocenters. The van der Waals surface area contributed by atoms with Crippen LogP contribution in [0.5, 0.6) is 0 Å². The molecular formula is C10H10ClNO2S. The molecule has 2 rings (SSSR count). The van der Waals surface area contributed by atoms with Gasteiger partial charge in [0.05, 0.1) is 15.6 Å². The van der Waals surface area contributed by atoms with Gasteiger partial charge in [-0.1, -0.05) is 0 Å². The molecule has 1 aromatic rings. The summed E-state index contributed by atoms with van der Waals surface area (Å²) in [6, 6.07) is 1.80. The van der Waals surface area contributed by atoms with Gasteiger partial charge in [0.15, 0.2) is 5.78 Å². The summed E-state index contributed by atoms with van der Waals surface area (Å²) in [4.78, 5) is 24.2.